The molecule has 0 spiro atoms. The lowest BCUT2D eigenvalue weighted by molar-refractivity contribution is 0.0708. The highest BCUT2D eigenvalue weighted by Crippen LogP contribution is 2.47. The Bertz CT molecular complexity index is 570. The van der Waals surface area contributed by atoms with Crippen molar-refractivity contribution >= 4 is 6.03 Å². The van der Waals surface area contributed by atoms with Gasteiger partial charge in [0.2, 0.25) is 0 Å². The molecule has 2 amide bonds. The van der Waals surface area contributed by atoms with E-state index in [0.29, 0.717) is 43.2 Å². The van der Waals surface area contributed by atoms with Gasteiger partial charge in [0, 0.05) is 31.5 Å². The molecular weight excluding hydrogens is 320 g/mol. The van der Waals surface area contributed by atoms with Crippen molar-refractivity contribution in [1.29, 1.82) is 0 Å². The number of carbonyl (C=O) groups is 1. The maximum atomic E-state index is 12.8. The minimum atomic E-state index is -0.255. The molecule has 6 nitrogen and oxygen atoms in total. The van der Waals surface area contributed by atoms with E-state index in [0.717, 1.165) is 31.7 Å². The van der Waals surface area contributed by atoms with E-state index in [1.807, 2.05) is 17.0 Å². The monoisotopic (exact) mass is 348 g/mol. The SMILES string of the molecule is CC(C)COC[C@H](NC(=O)N1C[C@@H]2[C@H](C1)[C@H]1CC[C@H]2O1)c1ccco1. The molecule has 3 saturated heterocycles. The third-order valence-corrected chi connectivity index (χ3v) is 5.66. The quantitative estimate of drug-likeness (QED) is 0.859. The number of urea groups is 1. The number of nitrogens with zero attached hydrogens (tertiary/aromatic N) is 1. The molecule has 138 valence electrons. The fourth-order valence-corrected chi connectivity index (χ4v) is 4.47. The molecule has 25 heavy (non-hydrogen) atoms. The first-order valence-electron chi connectivity index (χ1n) is 9.44. The zero-order valence-corrected chi connectivity index (χ0v) is 15.0. The summed E-state index contributed by atoms with van der Waals surface area (Å²) in [5.41, 5.74) is 0. The van der Waals surface area contributed by atoms with Crippen molar-refractivity contribution in [3.05, 3.63) is 24.2 Å². The van der Waals surface area contributed by atoms with Crippen LogP contribution in [0.1, 0.15) is 38.5 Å². The highest BCUT2D eigenvalue weighted by Gasteiger charge is 2.53. The molecule has 0 radical (unpaired) electrons. The van der Waals surface area contributed by atoms with Gasteiger partial charge in [-0.25, -0.2) is 4.79 Å². The predicted molar refractivity (Wildman–Crippen MR) is 92.1 cm³/mol. The molecule has 2 bridgehead atoms. The minimum absolute atomic E-state index is 0.0247. The number of likely N-dealkylation sites (tertiary alicyclic amines) is 1. The molecule has 0 saturated carbocycles. The molecule has 3 aliphatic rings. The van der Waals surface area contributed by atoms with E-state index in [1.165, 1.54) is 0 Å². The molecule has 6 heteroatoms. The summed E-state index contributed by atoms with van der Waals surface area (Å²) in [5.74, 6) is 2.23. The Kier molecular flexibility index (Phi) is 4.73. The second-order valence-electron chi connectivity index (χ2n) is 7.97. The van der Waals surface area contributed by atoms with Crippen LogP contribution in [0.2, 0.25) is 0 Å². The molecule has 3 fully saturated rings. The Morgan fingerprint density at radius 3 is 2.60 bits per heavy atom. The molecule has 1 aromatic rings. The lowest BCUT2D eigenvalue weighted by atomic mass is 9.82. The zero-order chi connectivity index (χ0) is 17.4. The third kappa shape index (κ3) is 3.42. The van der Waals surface area contributed by atoms with Crippen LogP contribution in [-0.4, -0.2) is 49.4 Å². The number of furan rings is 1. The summed E-state index contributed by atoms with van der Waals surface area (Å²) in [5, 5.41) is 3.10. The molecule has 0 unspecified atom stereocenters. The largest absolute Gasteiger partial charge is 0.467 e. The van der Waals surface area contributed by atoms with E-state index in [4.69, 9.17) is 13.9 Å². The summed E-state index contributed by atoms with van der Waals surface area (Å²) in [4.78, 5) is 14.7. The number of hydrogen-bond donors (Lipinski definition) is 1. The Hall–Kier alpha value is -1.53. The van der Waals surface area contributed by atoms with Crippen LogP contribution >= 0.6 is 0 Å². The fourth-order valence-electron chi connectivity index (χ4n) is 4.47. The molecule has 0 aromatic carbocycles. The molecule has 0 aliphatic carbocycles. The van der Waals surface area contributed by atoms with Crippen molar-refractivity contribution in [2.24, 2.45) is 17.8 Å². The second-order valence-corrected chi connectivity index (χ2v) is 7.97. The van der Waals surface area contributed by atoms with Crippen molar-refractivity contribution in [2.45, 2.75) is 44.9 Å². The van der Waals surface area contributed by atoms with Gasteiger partial charge in [0.15, 0.2) is 0 Å². The first-order valence-corrected chi connectivity index (χ1v) is 9.44. The lowest BCUT2D eigenvalue weighted by Gasteiger charge is -2.23. The second kappa shape index (κ2) is 7.00. The van der Waals surface area contributed by atoms with Crippen LogP contribution in [-0.2, 0) is 9.47 Å². The highest BCUT2D eigenvalue weighted by molar-refractivity contribution is 5.75. The number of nitrogens with one attached hydrogen (secondary N) is 1. The van der Waals surface area contributed by atoms with E-state index in [9.17, 15) is 4.79 Å². The number of carbonyl (C=O) groups excluding carboxylic acids is 1. The number of rotatable bonds is 6. The van der Waals surface area contributed by atoms with Crippen LogP contribution in [0.15, 0.2) is 22.8 Å². The van der Waals surface area contributed by atoms with E-state index >= 15 is 0 Å². The van der Waals surface area contributed by atoms with Crippen LogP contribution in [0.4, 0.5) is 4.79 Å². The molecule has 5 atom stereocenters. The van der Waals surface area contributed by atoms with E-state index in [2.05, 4.69) is 19.2 Å². The van der Waals surface area contributed by atoms with Crippen molar-refractivity contribution in [2.75, 3.05) is 26.3 Å². The average Bonchev–Trinajstić information content (AvgIpc) is 3.35. The first-order chi connectivity index (χ1) is 12.1. The van der Waals surface area contributed by atoms with E-state index in [1.54, 1.807) is 6.26 Å². The Labute approximate surface area is 148 Å². The van der Waals surface area contributed by atoms with Crippen LogP contribution in [0, 0.1) is 17.8 Å². The zero-order valence-electron chi connectivity index (χ0n) is 15.0. The molecule has 3 aliphatic heterocycles. The highest BCUT2D eigenvalue weighted by atomic mass is 16.5. The number of ether oxygens (including phenoxy) is 2. The standard InChI is InChI=1S/C19H28N2O4/c1-12(2)10-23-11-15(18-4-3-7-24-18)20-19(22)21-8-13-14(9-21)17-6-5-16(13)25-17/h3-4,7,12-17H,5-6,8-11H2,1-2H3,(H,20,22)/t13-,14+,15-,16+,17+/m0/s1. The summed E-state index contributed by atoms with van der Waals surface area (Å²) in [6.07, 6.45) is 4.66. The number of hydrogen-bond acceptors (Lipinski definition) is 4. The van der Waals surface area contributed by atoms with Crippen LogP contribution in [0.25, 0.3) is 0 Å². The maximum absolute atomic E-state index is 12.8. The smallest absolute Gasteiger partial charge is 0.318 e. The van der Waals surface area contributed by atoms with Crippen LogP contribution in [0.5, 0.6) is 0 Å². The maximum Gasteiger partial charge on any atom is 0.318 e. The Morgan fingerprint density at radius 2 is 2.00 bits per heavy atom. The summed E-state index contributed by atoms with van der Waals surface area (Å²) < 4.78 is 17.2. The van der Waals surface area contributed by atoms with Gasteiger partial charge in [-0.15, -0.1) is 0 Å². The average molecular weight is 348 g/mol. The normalized spacial score (nSPS) is 31.6. The third-order valence-electron chi connectivity index (χ3n) is 5.66. The predicted octanol–water partition coefficient (Wildman–Crippen LogP) is 2.81. The Balaban J connectivity index is 1.36. The first kappa shape index (κ1) is 16.9. The van der Waals surface area contributed by atoms with Crippen molar-refractivity contribution in [1.82, 2.24) is 10.2 Å². The summed E-state index contributed by atoms with van der Waals surface area (Å²) >= 11 is 0. The number of fused-ring (bicyclic) bond motifs is 5. The van der Waals surface area contributed by atoms with Gasteiger partial charge < -0.3 is 24.1 Å². The topological polar surface area (TPSA) is 63.9 Å². The van der Waals surface area contributed by atoms with Gasteiger partial charge in [0.05, 0.1) is 25.1 Å². The summed E-state index contributed by atoms with van der Waals surface area (Å²) in [7, 11) is 0. The van der Waals surface area contributed by atoms with Crippen LogP contribution in [0.3, 0.4) is 0 Å². The van der Waals surface area contributed by atoms with Crippen LogP contribution < -0.4 is 5.32 Å². The van der Waals surface area contributed by atoms with Gasteiger partial charge in [-0.1, -0.05) is 13.8 Å². The van der Waals surface area contributed by atoms with E-state index < -0.39 is 0 Å². The van der Waals surface area contributed by atoms with E-state index in [-0.39, 0.29) is 12.1 Å². The molecule has 4 rings (SSSR count). The fraction of sp³-hybridized carbons (Fsp3) is 0.737. The Morgan fingerprint density at radius 1 is 1.28 bits per heavy atom. The molecular formula is C19H28N2O4. The summed E-state index contributed by atoms with van der Waals surface area (Å²) in [6.45, 7) is 6.92. The number of amides is 2. The molecule has 1 aromatic heterocycles. The summed E-state index contributed by atoms with van der Waals surface area (Å²) in [6, 6.07) is 3.45. The lowest BCUT2D eigenvalue weighted by Crippen LogP contribution is -2.42. The van der Waals surface area contributed by atoms with Gasteiger partial charge in [0.1, 0.15) is 11.8 Å². The van der Waals surface area contributed by atoms with Gasteiger partial charge in [0.25, 0.3) is 0 Å². The van der Waals surface area contributed by atoms with Gasteiger partial charge >= 0.3 is 6.03 Å². The van der Waals surface area contributed by atoms with Gasteiger partial charge in [-0.3, -0.25) is 0 Å². The minimum Gasteiger partial charge on any atom is -0.467 e. The van der Waals surface area contributed by atoms with Gasteiger partial charge in [-0.2, -0.15) is 0 Å². The molecule has 1 N–H and O–H groups in total. The van der Waals surface area contributed by atoms with Crippen molar-refractivity contribution in [3.8, 4) is 0 Å². The molecule has 4 heterocycles. The van der Waals surface area contributed by atoms with Crippen molar-refractivity contribution in [3.63, 3.8) is 0 Å². The van der Waals surface area contributed by atoms with Crippen molar-refractivity contribution < 1.29 is 18.7 Å². The van der Waals surface area contributed by atoms with Gasteiger partial charge in [-0.05, 0) is 30.9 Å².